The molecule has 2 rings (SSSR count). The number of ether oxygens (including phenoxy) is 2. The number of rotatable bonds is 4. The first-order valence-corrected chi connectivity index (χ1v) is 5.91. The van der Waals surface area contributed by atoms with Gasteiger partial charge in [-0.25, -0.2) is 0 Å². The molecule has 0 unspecified atom stereocenters. The Labute approximate surface area is 118 Å². The first-order chi connectivity index (χ1) is 8.57. The van der Waals surface area contributed by atoms with E-state index in [2.05, 4.69) is 5.32 Å². The largest absolute Gasteiger partial charge is 0.497 e. The summed E-state index contributed by atoms with van der Waals surface area (Å²) in [5.41, 5.74) is 5.88. The van der Waals surface area contributed by atoms with Crippen LogP contribution in [0.25, 0.3) is 0 Å². The number of nitrogens with one attached hydrogen (secondary N) is 1. The summed E-state index contributed by atoms with van der Waals surface area (Å²) in [6.07, 6.45) is 2.48. The third-order valence-electron chi connectivity index (χ3n) is 3.31. The van der Waals surface area contributed by atoms with Crippen molar-refractivity contribution in [2.75, 3.05) is 19.5 Å². The van der Waals surface area contributed by atoms with Crippen LogP contribution in [-0.4, -0.2) is 25.7 Å². The summed E-state index contributed by atoms with van der Waals surface area (Å²) in [5, 5.41) is 2.81. The van der Waals surface area contributed by atoms with E-state index in [4.69, 9.17) is 15.2 Å². The van der Waals surface area contributed by atoms with Gasteiger partial charge in [-0.05, 0) is 19.3 Å². The standard InChI is InChI=1S/C13H18N2O3.ClH/c1-17-10-6-9(7-11(8-10)18-2)15-12(16)13(14)4-3-5-13;/h6-8H,3-5,14H2,1-2H3,(H,15,16);1H. The fourth-order valence-corrected chi connectivity index (χ4v) is 1.92. The van der Waals surface area contributed by atoms with Crippen molar-refractivity contribution >= 4 is 24.0 Å². The molecular weight excluding hydrogens is 268 g/mol. The Balaban J connectivity index is 0.00000180. The van der Waals surface area contributed by atoms with Crippen LogP contribution >= 0.6 is 12.4 Å². The summed E-state index contributed by atoms with van der Waals surface area (Å²) in [6, 6.07) is 5.22. The van der Waals surface area contributed by atoms with E-state index in [0.717, 1.165) is 19.3 Å². The highest BCUT2D eigenvalue weighted by molar-refractivity contribution is 5.98. The summed E-state index contributed by atoms with van der Waals surface area (Å²) >= 11 is 0. The Morgan fingerprint density at radius 1 is 1.21 bits per heavy atom. The lowest BCUT2D eigenvalue weighted by molar-refractivity contribution is -0.123. The van der Waals surface area contributed by atoms with Gasteiger partial charge in [0.2, 0.25) is 5.91 Å². The molecule has 1 fully saturated rings. The van der Waals surface area contributed by atoms with E-state index in [-0.39, 0.29) is 18.3 Å². The lowest BCUT2D eigenvalue weighted by Gasteiger charge is -2.36. The smallest absolute Gasteiger partial charge is 0.244 e. The molecule has 1 aliphatic carbocycles. The van der Waals surface area contributed by atoms with E-state index in [1.807, 2.05) is 0 Å². The molecule has 0 spiro atoms. The van der Waals surface area contributed by atoms with Crippen molar-refractivity contribution in [3.63, 3.8) is 0 Å². The minimum Gasteiger partial charge on any atom is -0.497 e. The van der Waals surface area contributed by atoms with Crippen molar-refractivity contribution in [1.29, 1.82) is 0 Å². The minimum atomic E-state index is -0.712. The SMILES string of the molecule is COc1cc(NC(=O)C2(N)CCC2)cc(OC)c1.Cl. The van der Waals surface area contributed by atoms with E-state index in [9.17, 15) is 4.79 Å². The van der Waals surface area contributed by atoms with Gasteiger partial charge in [-0.15, -0.1) is 12.4 Å². The maximum Gasteiger partial charge on any atom is 0.244 e. The number of hydrogen-bond acceptors (Lipinski definition) is 4. The molecule has 1 aromatic carbocycles. The third kappa shape index (κ3) is 3.30. The van der Waals surface area contributed by atoms with Crippen LogP contribution in [-0.2, 0) is 4.79 Å². The van der Waals surface area contributed by atoms with Gasteiger partial charge in [0.05, 0.1) is 19.8 Å². The van der Waals surface area contributed by atoms with Crippen LogP contribution in [0.3, 0.4) is 0 Å². The Morgan fingerprint density at radius 3 is 2.11 bits per heavy atom. The first-order valence-electron chi connectivity index (χ1n) is 5.91. The average molecular weight is 287 g/mol. The number of anilines is 1. The first kappa shape index (κ1) is 15.6. The van der Waals surface area contributed by atoms with Gasteiger partial charge in [0, 0.05) is 23.9 Å². The summed E-state index contributed by atoms with van der Waals surface area (Å²) in [7, 11) is 3.13. The van der Waals surface area contributed by atoms with Crippen molar-refractivity contribution in [1.82, 2.24) is 0 Å². The Morgan fingerprint density at radius 2 is 1.74 bits per heavy atom. The Hall–Kier alpha value is -1.46. The molecule has 19 heavy (non-hydrogen) atoms. The van der Waals surface area contributed by atoms with E-state index in [1.165, 1.54) is 0 Å². The van der Waals surface area contributed by atoms with Crippen LogP contribution in [0, 0.1) is 0 Å². The van der Waals surface area contributed by atoms with Crippen molar-refractivity contribution in [2.24, 2.45) is 5.73 Å². The van der Waals surface area contributed by atoms with Crippen LogP contribution in [0.4, 0.5) is 5.69 Å². The number of carbonyl (C=O) groups excluding carboxylic acids is 1. The Bertz CT molecular complexity index is 439. The van der Waals surface area contributed by atoms with E-state index in [0.29, 0.717) is 17.2 Å². The third-order valence-corrected chi connectivity index (χ3v) is 3.31. The lowest BCUT2D eigenvalue weighted by atomic mass is 9.77. The van der Waals surface area contributed by atoms with Gasteiger partial charge in [0.15, 0.2) is 0 Å². The summed E-state index contributed by atoms with van der Waals surface area (Å²) < 4.78 is 10.3. The summed E-state index contributed by atoms with van der Waals surface area (Å²) in [5.74, 6) is 1.11. The predicted molar refractivity (Wildman–Crippen MR) is 76.2 cm³/mol. The molecule has 0 aliphatic heterocycles. The van der Waals surface area contributed by atoms with Crippen LogP contribution in [0.2, 0.25) is 0 Å². The number of hydrogen-bond donors (Lipinski definition) is 2. The zero-order valence-electron chi connectivity index (χ0n) is 11.1. The van der Waals surface area contributed by atoms with Gasteiger partial charge >= 0.3 is 0 Å². The molecule has 0 saturated heterocycles. The Kier molecular flexibility index (Phi) is 5.03. The molecule has 1 saturated carbocycles. The lowest BCUT2D eigenvalue weighted by Crippen LogP contribution is -2.56. The molecule has 6 heteroatoms. The molecule has 1 aliphatic rings. The van der Waals surface area contributed by atoms with Crippen molar-refractivity contribution in [3.05, 3.63) is 18.2 Å². The van der Waals surface area contributed by atoms with Crippen molar-refractivity contribution in [3.8, 4) is 11.5 Å². The molecule has 3 N–H and O–H groups in total. The fourth-order valence-electron chi connectivity index (χ4n) is 1.92. The predicted octanol–water partition coefficient (Wildman–Crippen LogP) is 1.95. The maximum absolute atomic E-state index is 12.0. The van der Waals surface area contributed by atoms with Gasteiger partial charge in [0.1, 0.15) is 11.5 Å². The molecule has 0 heterocycles. The second-order valence-electron chi connectivity index (χ2n) is 4.57. The molecule has 106 valence electrons. The maximum atomic E-state index is 12.0. The highest BCUT2D eigenvalue weighted by atomic mass is 35.5. The second kappa shape index (κ2) is 6.12. The van der Waals surface area contributed by atoms with Crippen molar-refractivity contribution < 1.29 is 14.3 Å². The monoisotopic (exact) mass is 286 g/mol. The van der Waals surface area contributed by atoms with Gasteiger partial charge < -0.3 is 20.5 Å². The number of amides is 1. The summed E-state index contributed by atoms with van der Waals surface area (Å²) in [4.78, 5) is 12.0. The van der Waals surface area contributed by atoms with Crippen LogP contribution in [0.5, 0.6) is 11.5 Å². The average Bonchev–Trinajstić information content (AvgIpc) is 2.35. The minimum absolute atomic E-state index is 0. The zero-order chi connectivity index (χ0) is 13.2. The highest BCUT2D eigenvalue weighted by Gasteiger charge is 2.40. The van der Waals surface area contributed by atoms with Crippen molar-refractivity contribution in [2.45, 2.75) is 24.8 Å². The normalized spacial score (nSPS) is 15.7. The van der Waals surface area contributed by atoms with Gasteiger partial charge in [0.25, 0.3) is 0 Å². The molecule has 5 nitrogen and oxygen atoms in total. The summed E-state index contributed by atoms with van der Waals surface area (Å²) in [6.45, 7) is 0. The molecule has 0 bridgehead atoms. The van der Waals surface area contributed by atoms with Gasteiger partial charge in [-0.1, -0.05) is 0 Å². The fraction of sp³-hybridized carbons (Fsp3) is 0.462. The van der Waals surface area contributed by atoms with Crippen LogP contribution in [0.15, 0.2) is 18.2 Å². The van der Waals surface area contributed by atoms with E-state index >= 15 is 0 Å². The highest BCUT2D eigenvalue weighted by Crippen LogP contribution is 2.31. The number of methoxy groups -OCH3 is 2. The van der Waals surface area contributed by atoms with E-state index < -0.39 is 5.54 Å². The number of carbonyl (C=O) groups is 1. The number of benzene rings is 1. The molecule has 1 amide bonds. The molecule has 0 aromatic heterocycles. The molecule has 0 atom stereocenters. The molecule has 0 radical (unpaired) electrons. The molecule has 1 aromatic rings. The molecular formula is C13H19ClN2O3. The van der Waals surface area contributed by atoms with Gasteiger partial charge in [-0.2, -0.15) is 0 Å². The van der Waals surface area contributed by atoms with Crippen LogP contribution in [0.1, 0.15) is 19.3 Å². The van der Waals surface area contributed by atoms with E-state index in [1.54, 1.807) is 32.4 Å². The number of nitrogens with two attached hydrogens (primary N) is 1. The van der Waals surface area contributed by atoms with Crippen LogP contribution < -0.4 is 20.5 Å². The number of halogens is 1. The zero-order valence-corrected chi connectivity index (χ0v) is 11.9. The quantitative estimate of drug-likeness (QED) is 0.887. The second-order valence-corrected chi connectivity index (χ2v) is 4.57. The topological polar surface area (TPSA) is 73.6 Å². The van der Waals surface area contributed by atoms with Gasteiger partial charge in [-0.3, -0.25) is 4.79 Å².